The highest BCUT2D eigenvalue weighted by molar-refractivity contribution is 9.10. The molecule has 1 aromatic carbocycles. The standard InChI is InChI=1S/C10H8BrFN2/c1-13-10-8-4-6(12)5-9(11)7(8)2-3-14-10/h2-5H,1H3,(H,13,14). The van der Waals surface area contributed by atoms with Crippen molar-refractivity contribution in [3.05, 3.63) is 34.7 Å². The third-order valence-electron chi connectivity index (χ3n) is 2.03. The molecule has 2 aromatic rings. The van der Waals surface area contributed by atoms with Crippen molar-refractivity contribution in [2.45, 2.75) is 0 Å². The second-order valence-corrected chi connectivity index (χ2v) is 3.75. The summed E-state index contributed by atoms with van der Waals surface area (Å²) < 4.78 is 13.9. The SMILES string of the molecule is CNc1nccc2c(Br)cc(F)cc12. The van der Waals surface area contributed by atoms with Crippen LogP contribution in [0.15, 0.2) is 28.9 Å². The summed E-state index contributed by atoms with van der Waals surface area (Å²) in [5.74, 6) is 0.413. The van der Waals surface area contributed by atoms with Crippen LogP contribution in [0.25, 0.3) is 10.8 Å². The molecule has 1 heterocycles. The molecule has 0 saturated heterocycles. The zero-order valence-electron chi connectivity index (χ0n) is 7.51. The molecule has 4 heteroatoms. The smallest absolute Gasteiger partial charge is 0.133 e. The van der Waals surface area contributed by atoms with E-state index in [9.17, 15) is 4.39 Å². The predicted octanol–water partition coefficient (Wildman–Crippen LogP) is 3.18. The van der Waals surface area contributed by atoms with Crippen LogP contribution in [-0.4, -0.2) is 12.0 Å². The molecule has 0 saturated carbocycles. The molecular formula is C10H8BrFN2. The van der Waals surface area contributed by atoms with Gasteiger partial charge in [-0.25, -0.2) is 9.37 Å². The second-order valence-electron chi connectivity index (χ2n) is 2.89. The summed E-state index contributed by atoms with van der Waals surface area (Å²) in [5, 5.41) is 4.66. The van der Waals surface area contributed by atoms with Gasteiger partial charge in [0, 0.05) is 28.5 Å². The van der Waals surface area contributed by atoms with E-state index in [1.54, 1.807) is 13.2 Å². The van der Waals surface area contributed by atoms with Gasteiger partial charge in [0.15, 0.2) is 0 Å². The number of nitrogens with zero attached hydrogens (tertiary/aromatic N) is 1. The van der Waals surface area contributed by atoms with Crippen LogP contribution in [0, 0.1) is 5.82 Å². The first kappa shape index (κ1) is 9.40. The Hall–Kier alpha value is -1.16. The molecule has 0 aliphatic carbocycles. The lowest BCUT2D eigenvalue weighted by Crippen LogP contribution is -1.93. The quantitative estimate of drug-likeness (QED) is 0.846. The monoisotopic (exact) mass is 254 g/mol. The summed E-state index contributed by atoms with van der Waals surface area (Å²) in [4.78, 5) is 4.11. The average Bonchev–Trinajstić information content (AvgIpc) is 2.17. The van der Waals surface area contributed by atoms with Gasteiger partial charge in [-0.15, -0.1) is 0 Å². The number of rotatable bonds is 1. The van der Waals surface area contributed by atoms with Crippen LogP contribution in [0.4, 0.5) is 10.2 Å². The van der Waals surface area contributed by atoms with Crippen molar-refractivity contribution in [3.63, 3.8) is 0 Å². The highest BCUT2D eigenvalue weighted by Gasteiger charge is 2.05. The molecule has 0 amide bonds. The summed E-state index contributed by atoms with van der Waals surface area (Å²) in [7, 11) is 1.76. The van der Waals surface area contributed by atoms with E-state index in [0.717, 1.165) is 15.2 Å². The van der Waals surface area contributed by atoms with Crippen molar-refractivity contribution >= 4 is 32.5 Å². The van der Waals surface area contributed by atoms with Gasteiger partial charge >= 0.3 is 0 Å². The van der Waals surface area contributed by atoms with Gasteiger partial charge in [0.2, 0.25) is 0 Å². The number of hydrogen-bond donors (Lipinski definition) is 1. The Labute approximate surface area is 89.3 Å². The molecule has 0 fully saturated rings. The van der Waals surface area contributed by atoms with Crippen molar-refractivity contribution in [1.82, 2.24) is 4.98 Å². The average molecular weight is 255 g/mol. The van der Waals surface area contributed by atoms with E-state index in [2.05, 4.69) is 26.2 Å². The van der Waals surface area contributed by atoms with Gasteiger partial charge in [-0.1, -0.05) is 15.9 Å². The van der Waals surface area contributed by atoms with Crippen LogP contribution in [0.1, 0.15) is 0 Å². The number of benzene rings is 1. The maximum Gasteiger partial charge on any atom is 0.133 e. The molecule has 1 aromatic heterocycles. The maximum absolute atomic E-state index is 13.1. The van der Waals surface area contributed by atoms with Gasteiger partial charge in [0.05, 0.1) is 0 Å². The fourth-order valence-electron chi connectivity index (χ4n) is 1.41. The van der Waals surface area contributed by atoms with Crippen molar-refractivity contribution < 1.29 is 4.39 Å². The number of anilines is 1. The molecule has 0 unspecified atom stereocenters. The molecule has 0 bridgehead atoms. The Bertz CT molecular complexity index is 485. The van der Waals surface area contributed by atoms with Gasteiger partial charge in [-0.05, 0) is 18.2 Å². The van der Waals surface area contributed by atoms with Gasteiger partial charge in [-0.2, -0.15) is 0 Å². The third-order valence-corrected chi connectivity index (χ3v) is 2.69. The molecule has 72 valence electrons. The Morgan fingerprint density at radius 2 is 2.14 bits per heavy atom. The lowest BCUT2D eigenvalue weighted by atomic mass is 10.1. The Kier molecular flexibility index (Phi) is 2.37. The number of fused-ring (bicyclic) bond motifs is 1. The Morgan fingerprint density at radius 1 is 1.36 bits per heavy atom. The van der Waals surface area contributed by atoms with Gasteiger partial charge in [-0.3, -0.25) is 0 Å². The van der Waals surface area contributed by atoms with Crippen molar-refractivity contribution in [1.29, 1.82) is 0 Å². The molecule has 1 N–H and O–H groups in total. The minimum atomic E-state index is -0.270. The zero-order valence-corrected chi connectivity index (χ0v) is 9.10. The van der Waals surface area contributed by atoms with Crippen LogP contribution in [0.2, 0.25) is 0 Å². The van der Waals surface area contributed by atoms with Crippen LogP contribution in [0.5, 0.6) is 0 Å². The van der Waals surface area contributed by atoms with Crippen LogP contribution < -0.4 is 5.32 Å². The van der Waals surface area contributed by atoms with Gasteiger partial charge in [0.25, 0.3) is 0 Å². The van der Waals surface area contributed by atoms with Gasteiger partial charge in [0.1, 0.15) is 11.6 Å². The Morgan fingerprint density at radius 3 is 2.86 bits per heavy atom. The molecule has 2 nitrogen and oxygen atoms in total. The number of aromatic nitrogens is 1. The number of hydrogen-bond acceptors (Lipinski definition) is 2. The van der Waals surface area contributed by atoms with E-state index >= 15 is 0 Å². The Balaban J connectivity index is 2.86. The number of halogens is 2. The van der Waals surface area contributed by atoms with Crippen molar-refractivity contribution in [3.8, 4) is 0 Å². The van der Waals surface area contributed by atoms with Crippen LogP contribution in [0.3, 0.4) is 0 Å². The highest BCUT2D eigenvalue weighted by Crippen LogP contribution is 2.28. The first-order chi connectivity index (χ1) is 6.72. The molecular weight excluding hydrogens is 247 g/mol. The van der Waals surface area contributed by atoms with E-state index in [0.29, 0.717) is 5.82 Å². The summed E-state index contributed by atoms with van der Waals surface area (Å²) >= 11 is 3.32. The van der Waals surface area contributed by atoms with Crippen molar-refractivity contribution in [2.75, 3.05) is 12.4 Å². The minimum absolute atomic E-state index is 0.270. The number of nitrogens with one attached hydrogen (secondary N) is 1. The summed E-state index contributed by atoms with van der Waals surface area (Å²) in [6, 6.07) is 4.76. The number of pyridine rings is 1. The lowest BCUT2D eigenvalue weighted by molar-refractivity contribution is 0.629. The van der Waals surface area contributed by atoms with Crippen LogP contribution >= 0.6 is 15.9 Å². The molecule has 2 rings (SSSR count). The van der Waals surface area contributed by atoms with Crippen LogP contribution in [-0.2, 0) is 0 Å². The summed E-state index contributed by atoms with van der Waals surface area (Å²) in [6.07, 6.45) is 1.69. The second kappa shape index (κ2) is 3.53. The van der Waals surface area contributed by atoms with E-state index < -0.39 is 0 Å². The van der Waals surface area contributed by atoms with Crippen molar-refractivity contribution in [2.24, 2.45) is 0 Å². The molecule has 14 heavy (non-hydrogen) atoms. The summed E-state index contributed by atoms with van der Waals surface area (Å²) in [6.45, 7) is 0. The van der Waals surface area contributed by atoms with E-state index in [1.807, 2.05) is 6.07 Å². The van der Waals surface area contributed by atoms with E-state index in [-0.39, 0.29) is 5.82 Å². The van der Waals surface area contributed by atoms with E-state index in [1.165, 1.54) is 12.1 Å². The zero-order chi connectivity index (χ0) is 10.1. The summed E-state index contributed by atoms with van der Waals surface area (Å²) in [5.41, 5.74) is 0. The maximum atomic E-state index is 13.1. The molecule has 0 radical (unpaired) electrons. The first-order valence-corrected chi connectivity index (χ1v) is 4.93. The molecule has 0 aliphatic heterocycles. The first-order valence-electron chi connectivity index (χ1n) is 4.14. The fraction of sp³-hybridized carbons (Fsp3) is 0.100. The minimum Gasteiger partial charge on any atom is -0.373 e. The van der Waals surface area contributed by atoms with Gasteiger partial charge < -0.3 is 5.32 Å². The lowest BCUT2D eigenvalue weighted by Gasteiger charge is -2.05. The van der Waals surface area contributed by atoms with E-state index in [4.69, 9.17) is 0 Å². The largest absolute Gasteiger partial charge is 0.373 e. The highest BCUT2D eigenvalue weighted by atomic mass is 79.9. The fourth-order valence-corrected chi connectivity index (χ4v) is 1.97. The molecule has 0 atom stereocenters. The third kappa shape index (κ3) is 1.46. The predicted molar refractivity (Wildman–Crippen MR) is 58.9 cm³/mol. The normalized spacial score (nSPS) is 10.5. The molecule has 0 aliphatic rings. The molecule has 0 spiro atoms. The topological polar surface area (TPSA) is 24.9 Å².